The van der Waals surface area contributed by atoms with Gasteiger partial charge in [-0.1, -0.05) is 30.7 Å². The van der Waals surface area contributed by atoms with Gasteiger partial charge in [0, 0.05) is 10.4 Å². The normalized spacial score (nSPS) is 13.4. The van der Waals surface area contributed by atoms with E-state index in [-0.39, 0.29) is 6.42 Å². The Kier molecular flexibility index (Phi) is 4.83. The first kappa shape index (κ1) is 16.5. The number of halogens is 1. The molecule has 2 aromatic rings. The van der Waals surface area contributed by atoms with E-state index in [4.69, 9.17) is 11.6 Å². The molecule has 0 aliphatic carbocycles. The van der Waals surface area contributed by atoms with E-state index in [9.17, 15) is 14.7 Å². The fourth-order valence-corrected chi connectivity index (χ4v) is 3.02. The molecule has 1 heterocycles. The lowest BCUT2D eigenvalue weighted by molar-refractivity contribution is -0.145. The molecule has 1 unspecified atom stereocenters. The van der Waals surface area contributed by atoms with Crippen molar-refractivity contribution in [3.63, 3.8) is 0 Å². The van der Waals surface area contributed by atoms with Crippen molar-refractivity contribution in [1.82, 2.24) is 9.69 Å². The van der Waals surface area contributed by atoms with E-state index in [1.165, 1.54) is 0 Å². The van der Waals surface area contributed by atoms with Gasteiger partial charge in [0.25, 0.3) is 5.91 Å². The van der Waals surface area contributed by atoms with Gasteiger partial charge in [0.2, 0.25) is 0 Å². The number of nitrogens with one attached hydrogen (secondary N) is 1. The summed E-state index contributed by atoms with van der Waals surface area (Å²) in [6, 6.07) is 6.43. The summed E-state index contributed by atoms with van der Waals surface area (Å²) in [6.07, 6.45) is 0.201. The maximum absolute atomic E-state index is 12.4. The first-order valence-corrected chi connectivity index (χ1v) is 7.85. The molecule has 2 N–H and O–H groups in total. The van der Waals surface area contributed by atoms with E-state index in [1.807, 2.05) is 0 Å². The Labute approximate surface area is 137 Å². The van der Waals surface area contributed by atoms with E-state index in [2.05, 4.69) is 9.69 Å². The van der Waals surface area contributed by atoms with Gasteiger partial charge in [-0.25, -0.2) is 4.79 Å². The number of hydrogen-bond acceptors (Lipinski definition) is 4. The number of aryl methyl sites for hydroxylation is 1. The summed E-state index contributed by atoms with van der Waals surface area (Å²) in [5.41, 5.74) is -0.0658. The fraction of sp³-hybridized carbons (Fsp3) is 0.267. The molecule has 7 heteroatoms. The lowest BCUT2D eigenvalue weighted by atomic mass is 9.87. The Morgan fingerprint density at radius 3 is 2.45 bits per heavy atom. The summed E-state index contributed by atoms with van der Waals surface area (Å²) in [7, 11) is 0. The molecule has 1 amide bonds. The van der Waals surface area contributed by atoms with E-state index in [0.717, 1.165) is 11.5 Å². The Bertz CT molecular complexity index is 699. The number of rotatable bonds is 5. The van der Waals surface area contributed by atoms with Crippen LogP contribution in [0, 0.1) is 6.92 Å². The van der Waals surface area contributed by atoms with Gasteiger partial charge < -0.3 is 10.4 Å². The molecule has 1 aromatic heterocycles. The van der Waals surface area contributed by atoms with E-state index in [1.54, 1.807) is 43.5 Å². The van der Waals surface area contributed by atoms with E-state index < -0.39 is 17.4 Å². The molecular weight excluding hydrogens is 324 g/mol. The molecule has 0 saturated heterocycles. The van der Waals surface area contributed by atoms with Crippen LogP contribution in [0.3, 0.4) is 0 Å². The lowest BCUT2D eigenvalue weighted by Gasteiger charge is -2.30. The maximum atomic E-state index is 12.4. The smallest absolute Gasteiger partial charge is 0.334 e. The average Bonchev–Trinajstić information content (AvgIpc) is 2.91. The van der Waals surface area contributed by atoms with Crippen LogP contribution in [0.25, 0.3) is 0 Å². The van der Waals surface area contributed by atoms with Gasteiger partial charge in [-0.3, -0.25) is 4.79 Å². The standard InChI is InChI=1S/C15H15ClN2O3S/c1-3-15(14(20)21,10-4-6-11(16)7-5-10)17-13(19)12-8-22-18-9(12)2/h4-8H,3H2,1-2H3,(H,17,19)(H,20,21). The molecule has 0 fully saturated rings. The monoisotopic (exact) mass is 338 g/mol. The highest BCUT2D eigenvalue weighted by Gasteiger charge is 2.40. The van der Waals surface area contributed by atoms with Crippen molar-refractivity contribution >= 4 is 35.0 Å². The topological polar surface area (TPSA) is 79.3 Å². The number of amides is 1. The number of hydrogen-bond donors (Lipinski definition) is 2. The highest BCUT2D eigenvalue weighted by molar-refractivity contribution is 7.03. The molecule has 0 spiro atoms. The van der Waals surface area contributed by atoms with Crippen molar-refractivity contribution in [3.8, 4) is 0 Å². The minimum Gasteiger partial charge on any atom is -0.479 e. The SMILES string of the molecule is CCC(NC(=O)c1csnc1C)(C(=O)O)c1ccc(Cl)cc1. The van der Waals surface area contributed by atoms with E-state index >= 15 is 0 Å². The van der Waals surface area contributed by atoms with Crippen molar-refractivity contribution in [3.05, 3.63) is 51.5 Å². The van der Waals surface area contributed by atoms with Crippen LogP contribution in [0.5, 0.6) is 0 Å². The Balaban J connectivity index is 2.42. The lowest BCUT2D eigenvalue weighted by Crippen LogP contribution is -2.51. The van der Waals surface area contributed by atoms with Crippen molar-refractivity contribution in [2.75, 3.05) is 0 Å². The molecule has 1 atom stereocenters. The zero-order valence-electron chi connectivity index (χ0n) is 12.1. The number of nitrogens with zero attached hydrogens (tertiary/aromatic N) is 1. The molecule has 0 bridgehead atoms. The van der Waals surface area contributed by atoms with Crippen LogP contribution in [0.1, 0.15) is 35.0 Å². The molecule has 116 valence electrons. The average molecular weight is 339 g/mol. The minimum atomic E-state index is -1.50. The molecule has 0 aliphatic heterocycles. The predicted molar refractivity (Wildman–Crippen MR) is 85.4 cm³/mol. The number of carbonyl (C=O) groups is 2. The minimum absolute atomic E-state index is 0.201. The van der Waals surface area contributed by atoms with Gasteiger partial charge in [0.1, 0.15) is 0 Å². The van der Waals surface area contributed by atoms with Gasteiger partial charge in [0.05, 0.1) is 11.3 Å². The molecule has 2 rings (SSSR count). The summed E-state index contributed by atoms with van der Waals surface area (Å²) in [6.45, 7) is 3.42. The first-order chi connectivity index (χ1) is 10.4. The second-order valence-corrected chi connectivity index (χ2v) is 5.90. The Morgan fingerprint density at radius 1 is 1.36 bits per heavy atom. The van der Waals surface area contributed by atoms with Crippen LogP contribution in [-0.4, -0.2) is 21.4 Å². The van der Waals surface area contributed by atoms with E-state index in [0.29, 0.717) is 21.8 Å². The van der Waals surface area contributed by atoms with Crippen LogP contribution >= 0.6 is 23.1 Å². The maximum Gasteiger partial charge on any atom is 0.334 e. The number of carboxylic acid groups (broad SMARTS) is 1. The van der Waals surface area contributed by atoms with Crippen LogP contribution in [0.15, 0.2) is 29.6 Å². The molecule has 5 nitrogen and oxygen atoms in total. The third kappa shape index (κ3) is 2.98. The molecule has 1 aromatic carbocycles. The quantitative estimate of drug-likeness (QED) is 0.877. The first-order valence-electron chi connectivity index (χ1n) is 6.63. The Hall–Kier alpha value is -1.92. The van der Waals surface area contributed by atoms with Crippen molar-refractivity contribution in [2.24, 2.45) is 0 Å². The molecule has 0 aliphatic rings. The fourth-order valence-electron chi connectivity index (χ4n) is 2.20. The highest BCUT2D eigenvalue weighted by Crippen LogP contribution is 2.28. The van der Waals surface area contributed by atoms with Gasteiger partial charge in [-0.05, 0) is 42.6 Å². The number of carbonyl (C=O) groups excluding carboxylic acids is 1. The summed E-state index contributed by atoms with van der Waals surface area (Å²) in [5, 5.41) is 14.5. The summed E-state index contributed by atoms with van der Waals surface area (Å²) >= 11 is 7.01. The summed E-state index contributed by atoms with van der Waals surface area (Å²) in [4.78, 5) is 24.3. The number of benzene rings is 1. The number of carboxylic acids is 1. The van der Waals surface area contributed by atoms with Crippen molar-refractivity contribution in [1.29, 1.82) is 0 Å². The Morgan fingerprint density at radius 2 is 2.00 bits per heavy atom. The highest BCUT2D eigenvalue weighted by atomic mass is 35.5. The molecule has 0 saturated carbocycles. The predicted octanol–water partition coefficient (Wildman–Crippen LogP) is 3.22. The van der Waals surface area contributed by atoms with Crippen LogP contribution in [0.2, 0.25) is 5.02 Å². The van der Waals surface area contributed by atoms with Gasteiger partial charge in [-0.2, -0.15) is 4.37 Å². The molecule has 0 radical (unpaired) electrons. The zero-order chi connectivity index (χ0) is 16.3. The molecular formula is C15H15ClN2O3S. The second-order valence-electron chi connectivity index (χ2n) is 4.84. The van der Waals surface area contributed by atoms with Crippen molar-refractivity contribution < 1.29 is 14.7 Å². The summed E-state index contributed by atoms with van der Waals surface area (Å²) < 4.78 is 4.04. The van der Waals surface area contributed by atoms with Gasteiger partial charge in [0.15, 0.2) is 5.54 Å². The number of aromatic nitrogens is 1. The van der Waals surface area contributed by atoms with Crippen molar-refractivity contribution in [2.45, 2.75) is 25.8 Å². The van der Waals surface area contributed by atoms with Gasteiger partial charge >= 0.3 is 5.97 Å². The third-order valence-electron chi connectivity index (χ3n) is 3.55. The number of aliphatic carboxylic acids is 1. The van der Waals surface area contributed by atoms with Crippen LogP contribution in [0.4, 0.5) is 0 Å². The largest absolute Gasteiger partial charge is 0.479 e. The summed E-state index contributed by atoms with van der Waals surface area (Å²) in [5.74, 6) is -1.57. The zero-order valence-corrected chi connectivity index (χ0v) is 13.7. The van der Waals surface area contributed by atoms with Crippen LogP contribution < -0.4 is 5.32 Å². The third-order valence-corrected chi connectivity index (χ3v) is 4.53. The molecule has 22 heavy (non-hydrogen) atoms. The van der Waals surface area contributed by atoms with Gasteiger partial charge in [-0.15, -0.1) is 0 Å². The second kappa shape index (κ2) is 6.46. The van der Waals surface area contributed by atoms with Crippen LogP contribution in [-0.2, 0) is 10.3 Å².